The second kappa shape index (κ2) is 5.14. The molecule has 1 aromatic carbocycles. The van der Waals surface area contributed by atoms with Crippen LogP contribution >= 0.6 is 0 Å². The summed E-state index contributed by atoms with van der Waals surface area (Å²) in [6, 6.07) is 8.11. The molecule has 1 aliphatic rings. The monoisotopic (exact) mass is 206 g/mol. The Kier molecular flexibility index (Phi) is 3.59. The SMILES string of the molecule is Nc1cccc(CN2CCCOCC2)c1. The van der Waals surface area contributed by atoms with Crippen molar-refractivity contribution in [3.05, 3.63) is 29.8 Å². The van der Waals surface area contributed by atoms with Gasteiger partial charge < -0.3 is 10.5 Å². The Bertz CT molecular complexity index is 306. The van der Waals surface area contributed by atoms with Crippen molar-refractivity contribution in [1.29, 1.82) is 0 Å². The second-order valence-corrected chi connectivity index (χ2v) is 3.99. The van der Waals surface area contributed by atoms with Gasteiger partial charge in [0.2, 0.25) is 0 Å². The third kappa shape index (κ3) is 3.22. The van der Waals surface area contributed by atoms with Crippen molar-refractivity contribution in [2.45, 2.75) is 13.0 Å². The molecule has 2 N–H and O–H groups in total. The molecule has 3 nitrogen and oxygen atoms in total. The topological polar surface area (TPSA) is 38.5 Å². The van der Waals surface area contributed by atoms with Crippen molar-refractivity contribution in [3.8, 4) is 0 Å². The zero-order chi connectivity index (χ0) is 10.5. The third-order valence-corrected chi connectivity index (χ3v) is 2.67. The number of benzene rings is 1. The van der Waals surface area contributed by atoms with E-state index in [-0.39, 0.29) is 0 Å². The van der Waals surface area contributed by atoms with Crippen LogP contribution in [0.3, 0.4) is 0 Å². The summed E-state index contributed by atoms with van der Waals surface area (Å²) in [6.45, 7) is 4.87. The Hall–Kier alpha value is -1.06. The van der Waals surface area contributed by atoms with Gasteiger partial charge in [-0.15, -0.1) is 0 Å². The van der Waals surface area contributed by atoms with E-state index in [1.807, 2.05) is 18.2 Å². The van der Waals surface area contributed by atoms with Crippen LogP contribution in [0.5, 0.6) is 0 Å². The lowest BCUT2D eigenvalue weighted by Gasteiger charge is -2.19. The normalized spacial score (nSPS) is 18.7. The molecule has 3 heteroatoms. The molecule has 1 aromatic rings. The van der Waals surface area contributed by atoms with E-state index < -0.39 is 0 Å². The Labute approximate surface area is 90.8 Å². The Balaban J connectivity index is 1.95. The van der Waals surface area contributed by atoms with Crippen LogP contribution in [0.15, 0.2) is 24.3 Å². The number of nitrogens with two attached hydrogens (primary N) is 1. The summed E-state index contributed by atoms with van der Waals surface area (Å²) in [5, 5.41) is 0. The van der Waals surface area contributed by atoms with E-state index in [2.05, 4.69) is 11.0 Å². The zero-order valence-corrected chi connectivity index (χ0v) is 8.98. The average molecular weight is 206 g/mol. The van der Waals surface area contributed by atoms with Gasteiger partial charge in [0.15, 0.2) is 0 Å². The van der Waals surface area contributed by atoms with Gasteiger partial charge in [-0.3, -0.25) is 4.90 Å². The predicted octanol–water partition coefficient (Wildman–Crippen LogP) is 1.49. The maximum atomic E-state index is 5.75. The van der Waals surface area contributed by atoms with Gasteiger partial charge in [0.25, 0.3) is 0 Å². The number of hydrogen-bond donors (Lipinski definition) is 1. The van der Waals surface area contributed by atoms with E-state index in [1.165, 1.54) is 5.56 Å². The Morgan fingerprint density at radius 3 is 3.07 bits per heavy atom. The number of anilines is 1. The molecule has 15 heavy (non-hydrogen) atoms. The number of hydrogen-bond acceptors (Lipinski definition) is 3. The lowest BCUT2D eigenvalue weighted by molar-refractivity contribution is 0.140. The summed E-state index contributed by atoms with van der Waals surface area (Å²) >= 11 is 0. The van der Waals surface area contributed by atoms with Crippen LogP contribution in [-0.2, 0) is 11.3 Å². The van der Waals surface area contributed by atoms with Crippen LogP contribution in [0, 0.1) is 0 Å². The molecule has 0 amide bonds. The summed E-state index contributed by atoms with van der Waals surface area (Å²) in [4.78, 5) is 2.42. The van der Waals surface area contributed by atoms with Gasteiger partial charge in [-0.25, -0.2) is 0 Å². The molecule has 1 heterocycles. The molecule has 0 unspecified atom stereocenters. The molecule has 0 aliphatic carbocycles. The highest BCUT2D eigenvalue weighted by molar-refractivity contribution is 5.40. The van der Waals surface area contributed by atoms with Gasteiger partial charge in [-0.2, -0.15) is 0 Å². The number of nitrogen functional groups attached to an aromatic ring is 1. The van der Waals surface area contributed by atoms with Crippen molar-refractivity contribution in [1.82, 2.24) is 4.90 Å². The minimum absolute atomic E-state index is 0.846. The van der Waals surface area contributed by atoms with Crippen LogP contribution in [0.2, 0.25) is 0 Å². The van der Waals surface area contributed by atoms with Crippen molar-refractivity contribution >= 4 is 5.69 Å². The van der Waals surface area contributed by atoms with Gasteiger partial charge >= 0.3 is 0 Å². The number of rotatable bonds is 2. The first-order valence-electron chi connectivity index (χ1n) is 5.49. The molecule has 0 spiro atoms. The van der Waals surface area contributed by atoms with Crippen LogP contribution < -0.4 is 5.73 Å². The fourth-order valence-corrected chi connectivity index (χ4v) is 1.91. The average Bonchev–Trinajstić information content (AvgIpc) is 2.46. The summed E-state index contributed by atoms with van der Waals surface area (Å²) in [5.74, 6) is 0. The highest BCUT2D eigenvalue weighted by Crippen LogP contribution is 2.10. The van der Waals surface area contributed by atoms with Crippen LogP contribution in [0.1, 0.15) is 12.0 Å². The first-order valence-corrected chi connectivity index (χ1v) is 5.49. The minimum atomic E-state index is 0.846. The largest absolute Gasteiger partial charge is 0.399 e. The van der Waals surface area contributed by atoms with Crippen molar-refractivity contribution in [3.63, 3.8) is 0 Å². The summed E-state index contributed by atoms with van der Waals surface area (Å²) in [5.41, 5.74) is 7.89. The molecular weight excluding hydrogens is 188 g/mol. The summed E-state index contributed by atoms with van der Waals surface area (Å²) in [7, 11) is 0. The predicted molar refractivity (Wildman–Crippen MR) is 61.6 cm³/mol. The first-order chi connectivity index (χ1) is 7.34. The third-order valence-electron chi connectivity index (χ3n) is 2.67. The van der Waals surface area contributed by atoms with Gasteiger partial charge in [-0.1, -0.05) is 12.1 Å². The first kappa shape index (κ1) is 10.5. The van der Waals surface area contributed by atoms with E-state index in [9.17, 15) is 0 Å². The standard InChI is InChI=1S/C12H18N2O/c13-12-4-1-3-11(9-12)10-14-5-2-7-15-8-6-14/h1,3-4,9H,2,5-8,10,13H2. The molecule has 0 atom stereocenters. The maximum absolute atomic E-state index is 5.75. The molecular formula is C12H18N2O. The molecule has 1 fully saturated rings. The Morgan fingerprint density at radius 1 is 1.27 bits per heavy atom. The van der Waals surface area contributed by atoms with E-state index >= 15 is 0 Å². The molecule has 0 aromatic heterocycles. The van der Waals surface area contributed by atoms with E-state index in [0.29, 0.717) is 0 Å². The molecule has 0 radical (unpaired) electrons. The number of ether oxygens (including phenoxy) is 1. The highest BCUT2D eigenvalue weighted by Gasteiger charge is 2.09. The minimum Gasteiger partial charge on any atom is -0.399 e. The van der Waals surface area contributed by atoms with Crippen LogP contribution in [0.25, 0.3) is 0 Å². The van der Waals surface area contributed by atoms with Gasteiger partial charge in [-0.05, 0) is 24.1 Å². The quantitative estimate of drug-likeness (QED) is 0.745. The highest BCUT2D eigenvalue weighted by atomic mass is 16.5. The Morgan fingerprint density at radius 2 is 2.20 bits per heavy atom. The van der Waals surface area contributed by atoms with E-state index in [4.69, 9.17) is 10.5 Å². The summed E-state index contributed by atoms with van der Waals surface area (Å²) < 4.78 is 5.42. The van der Waals surface area contributed by atoms with Crippen LogP contribution in [0.4, 0.5) is 5.69 Å². The van der Waals surface area contributed by atoms with Gasteiger partial charge in [0.05, 0.1) is 6.61 Å². The summed E-state index contributed by atoms with van der Waals surface area (Å²) in [6.07, 6.45) is 1.13. The molecule has 0 bridgehead atoms. The zero-order valence-electron chi connectivity index (χ0n) is 8.98. The van der Waals surface area contributed by atoms with Crippen molar-refractivity contribution in [2.24, 2.45) is 0 Å². The van der Waals surface area contributed by atoms with E-state index in [0.717, 1.165) is 45.0 Å². The van der Waals surface area contributed by atoms with Crippen molar-refractivity contribution < 1.29 is 4.74 Å². The molecule has 82 valence electrons. The fraction of sp³-hybridized carbons (Fsp3) is 0.500. The molecule has 1 aliphatic heterocycles. The molecule has 0 saturated carbocycles. The lowest BCUT2D eigenvalue weighted by atomic mass is 10.2. The smallest absolute Gasteiger partial charge is 0.0593 e. The second-order valence-electron chi connectivity index (χ2n) is 3.99. The lowest BCUT2D eigenvalue weighted by Crippen LogP contribution is -2.25. The van der Waals surface area contributed by atoms with Gasteiger partial charge in [0, 0.05) is 31.9 Å². The molecule has 1 saturated heterocycles. The van der Waals surface area contributed by atoms with Gasteiger partial charge in [0.1, 0.15) is 0 Å². The van der Waals surface area contributed by atoms with E-state index in [1.54, 1.807) is 0 Å². The van der Waals surface area contributed by atoms with Crippen LogP contribution in [-0.4, -0.2) is 31.2 Å². The number of nitrogens with zero attached hydrogens (tertiary/aromatic N) is 1. The van der Waals surface area contributed by atoms with Crippen molar-refractivity contribution in [2.75, 3.05) is 32.0 Å². The maximum Gasteiger partial charge on any atom is 0.0593 e. The molecule has 2 rings (SSSR count). The fourth-order valence-electron chi connectivity index (χ4n) is 1.91.